The average Bonchev–Trinajstić information content (AvgIpc) is 2.49. The summed E-state index contributed by atoms with van der Waals surface area (Å²) in [5.74, 6) is -0.692. The Bertz CT molecular complexity index is 496. The highest BCUT2D eigenvalue weighted by Gasteiger charge is 2.31. The van der Waals surface area contributed by atoms with Gasteiger partial charge in [-0.15, -0.1) is 0 Å². The van der Waals surface area contributed by atoms with Crippen LogP contribution in [0, 0.1) is 5.92 Å². The van der Waals surface area contributed by atoms with Gasteiger partial charge >= 0.3 is 5.97 Å². The van der Waals surface area contributed by atoms with Crippen molar-refractivity contribution in [2.75, 3.05) is 6.61 Å². The van der Waals surface area contributed by atoms with Crippen LogP contribution < -0.4 is 5.32 Å². The Morgan fingerprint density at radius 3 is 2.60 bits per heavy atom. The minimum absolute atomic E-state index is 0.153. The van der Waals surface area contributed by atoms with Crippen molar-refractivity contribution >= 4 is 11.9 Å². The molecule has 4 nitrogen and oxygen atoms in total. The molecule has 0 aromatic heterocycles. The third-order valence-electron chi connectivity index (χ3n) is 3.37. The molecule has 0 spiro atoms. The van der Waals surface area contributed by atoms with Gasteiger partial charge in [-0.3, -0.25) is 9.59 Å². The minimum atomic E-state index is -0.299. The summed E-state index contributed by atoms with van der Waals surface area (Å²) < 4.78 is 5.07. The monoisotopic (exact) mass is 273 g/mol. The maximum absolute atomic E-state index is 12.2. The lowest BCUT2D eigenvalue weighted by molar-refractivity contribution is -0.149. The summed E-state index contributed by atoms with van der Waals surface area (Å²) in [7, 11) is 0. The number of carbonyl (C=O) groups excluding carboxylic acids is 2. The van der Waals surface area contributed by atoms with Crippen molar-refractivity contribution in [3.05, 3.63) is 48.0 Å². The van der Waals surface area contributed by atoms with Crippen LogP contribution in [0.15, 0.2) is 42.5 Å². The molecule has 0 saturated carbocycles. The molecule has 0 saturated heterocycles. The number of carbonyl (C=O) groups is 2. The van der Waals surface area contributed by atoms with E-state index < -0.39 is 0 Å². The van der Waals surface area contributed by atoms with Gasteiger partial charge in [-0.2, -0.15) is 0 Å². The molecule has 0 aliphatic heterocycles. The number of hydrogen-bond acceptors (Lipinski definition) is 3. The van der Waals surface area contributed by atoms with Crippen molar-refractivity contribution in [2.24, 2.45) is 5.92 Å². The van der Waals surface area contributed by atoms with Crippen molar-refractivity contribution in [2.45, 2.75) is 25.8 Å². The predicted octanol–water partition coefficient (Wildman–Crippen LogP) is 2.31. The first kappa shape index (κ1) is 14.3. The van der Waals surface area contributed by atoms with Crippen LogP contribution in [0.25, 0.3) is 0 Å². The van der Waals surface area contributed by atoms with E-state index in [-0.39, 0.29) is 23.8 Å². The molecule has 4 heteroatoms. The Balaban J connectivity index is 2.04. The van der Waals surface area contributed by atoms with E-state index in [9.17, 15) is 9.59 Å². The Kier molecular flexibility index (Phi) is 4.93. The topological polar surface area (TPSA) is 55.4 Å². The van der Waals surface area contributed by atoms with Crippen LogP contribution in [-0.4, -0.2) is 24.5 Å². The van der Waals surface area contributed by atoms with E-state index in [1.807, 2.05) is 30.4 Å². The van der Waals surface area contributed by atoms with Crippen molar-refractivity contribution in [1.29, 1.82) is 0 Å². The molecule has 106 valence electrons. The summed E-state index contributed by atoms with van der Waals surface area (Å²) in [4.78, 5) is 24.1. The normalized spacial score (nSPS) is 21.2. The number of allylic oxidation sites excluding steroid dienone is 1. The van der Waals surface area contributed by atoms with Crippen LogP contribution in [0.5, 0.6) is 0 Å². The SMILES string of the molecule is CCOC(=O)[C@@H]1CC=CC[C@@H]1NC(=O)c1ccccc1. The van der Waals surface area contributed by atoms with Gasteiger partial charge in [-0.1, -0.05) is 30.4 Å². The Morgan fingerprint density at radius 1 is 1.20 bits per heavy atom. The number of nitrogens with one attached hydrogen (secondary N) is 1. The lowest BCUT2D eigenvalue weighted by atomic mass is 9.89. The lowest BCUT2D eigenvalue weighted by Crippen LogP contribution is -2.44. The van der Waals surface area contributed by atoms with E-state index in [1.54, 1.807) is 19.1 Å². The highest BCUT2D eigenvalue weighted by atomic mass is 16.5. The maximum Gasteiger partial charge on any atom is 0.311 e. The minimum Gasteiger partial charge on any atom is -0.466 e. The van der Waals surface area contributed by atoms with Gasteiger partial charge in [0.05, 0.1) is 12.5 Å². The zero-order valence-corrected chi connectivity index (χ0v) is 11.5. The van der Waals surface area contributed by atoms with E-state index in [0.717, 1.165) is 0 Å². The largest absolute Gasteiger partial charge is 0.466 e. The third-order valence-corrected chi connectivity index (χ3v) is 3.37. The van der Waals surface area contributed by atoms with E-state index in [0.29, 0.717) is 25.0 Å². The van der Waals surface area contributed by atoms with Gasteiger partial charge in [-0.25, -0.2) is 0 Å². The number of ether oxygens (including phenoxy) is 1. The predicted molar refractivity (Wildman–Crippen MR) is 76.2 cm³/mol. The molecular weight excluding hydrogens is 254 g/mol. The summed E-state index contributed by atoms with van der Waals surface area (Å²) in [6.45, 7) is 2.15. The van der Waals surface area contributed by atoms with Crippen molar-refractivity contribution in [3.8, 4) is 0 Å². The fraction of sp³-hybridized carbons (Fsp3) is 0.375. The molecule has 0 heterocycles. The van der Waals surface area contributed by atoms with Crippen LogP contribution in [0.1, 0.15) is 30.1 Å². The molecule has 0 radical (unpaired) electrons. The van der Waals surface area contributed by atoms with Crippen LogP contribution in [0.2, 0.25) is 0 Å². The van der Waals surface area contributed by atoms with Gasteiger partial charge < -0.3 is 10.1 Å². The standard InChI is InChI=1S/C16H19NO3/c1-2-20-16(19)13-10-6-7-11-14(13)17-15(18)12-8-4-3-5-9-12/h3-9,13-14H,2,10-11H2,1H3,(H,17,18)/t13-,14+/m1/s1. The fourth-order valence-electron chi connectivity index (χ4n) is 2.32. The molecule has 20 heavy (non-hydrogen) atoms. The second kappa shape index (κ2) is 6.89. The zero-order chi connectivity index (χ0) is 14.4. The number of amides is 1. The fourth-order valence-corrected chi connectivity index (χ4v) is 2.32. The van der Waals surface area contributed by atoms with E-state index in [4.69, 9.17) is 4.74 Å². The van der Waals surface area contributed by atoms with Gasteiger partial charge in [0.1, 0.15) is 0 Å². The number of esters is 1. The highest BCUT2D eigenvalue weighted by molar-refractivity contribution is 5.94. The molecule has 2 atom stereocenters. The summed E-state index contributed by atoms with van der Waals surface area (Å²) >= 11 is 0. The summed E-state index contributed by atoms with van der Waals surface area (Å²) in [6, 6.07) is 8.81. The molecule has 0 unspecified atom stereocenters. The van der Waals surface area contributed by atoms with Gasteiger partial charge in [0.25, 0.3) is 5.91 Å². The average molecular weight is 273 g/mol. The first-order chi connectivity index (χ1) is 9.72. The summed E-state index contributed by atoms with van der Waals surface area (Å²) in [6.07, 6.45) is 5.22. The molecule has 1 aliphatic carbocycles. The van der Waals surface area contributed by atoms with E-state index >= 15 is 0 Å². The van der Waals surface area contributed by atoms with Gasteiger partial charge in [-0.05, 0) is 31.9 Å². The first-order valence-electron chi connectivity index (χ1n) is 6.90. The van der Waals surface area contributed by atoms with E-state index in [2.05, 4.69) is 5.32 Å². The summed E-state index contributed by atoms with van der Waals surface area (Å²) in [5, 5.41) is 2.93. The maximum atomic E-state index is 12.2. The van der Waals surface area contributed by atoms with Crippen molar-refractivity contribution in [3.63, 3.8) is 0 Å². The third kappa shape index (κ3) is 3.47. The van der Waals surface area contributed by atoms with Gasteiger partial charge in [0, 0.05) is 11.6 Å². The van der Waals surface area contributed by atoms with Gasteiger partial charge in [0.2, 0.25) is 0 Å². The van der Waals surface area contributed by atoms with Gasteiger partial charge in [0.15, 0.2) is 0 Å². The Labute approximate surface area is 118 Å². The highest BCUT2D eigenvalue weighted by Crippen LogP contribution is 2.21. The van der Waals surface area contributed by atoms with Crippen LogP contribution in [-0.2, 0) is 9.53 Å². The number of rotatable bonds is 4. The molecule has 1 aromatic rings. The Morgan fingerprint density at radius 2 is 1.90 bits per heavy atom. The van der Waals surface area contributed by atoms with Crippen LogP contribution in [0.4, 0.5) is 0 Å². The van der Waals surface area contributed by atoms with Crippen LogP contribution >= 0.6 is 0 Å². The van der Waals surface area contributed by atoms with Crippen molar-refractivity contribution in [1.82, 2.24) is 5.32 Å². The molecular formula is C16H19NO3. The molecule has 2 rings (SSSR count). The molecule has 0 fully saturated rings. The quantitative estimate of drug-likeness (QED) is 0.676. The van der Waals surface area contributed by atoms with Crippen LogP contribution in [0.3, 0.4) is 0 Å². The second-order valence-electron chi connectivity index (χ2n) is 4.75. The number of hydrogen-bond donors (Lipinski definition) is 1. The molecule has 1 aliphatic rings. The second-order valence-corrected chi connectivity index (χ2v) is 4.75. The molecule has 1 N–H and O–H groups in total. The molecule has 0 bridgehead atoms. The first-order valence-corrected chi connectivity index (χ1v) is 6.90. The van der Waals surface area contributed by atoms with Crippen molar-refractivity contribution < 1.29 is 14.3 Å². The number of benzene rings is 1. The smallest absolute Gasteiger partial charge is 0.311 e. The zero-order valence-electron chi connectivity index (χ0n) is 11.5. The Hall–Kier alpha value is -2.10. The lowest BCUT2D eigenvalue weighted by Gasteiger charge is -2.27. The molecule has 1 aromatic carbocycles. The summed E-state index contributed by atoms with van der Waals surface area (Å²) in [5.41, 5.74) is 0.602. The van der Waals surface area contributed by atoms with E-state index in [1.165, 1.54) is 0 Å². The molecule has 1 amide bonds.